The van der Waals surface area contributed by atoms with Crippen molar-refractivity contribution in [1.82, 2.24) is 4.98 Å². The molecule has 0 atom stereocenters. The van der Waals surface area contributed by atoms with Gasteiger partial charge in [-0.25, -0.2) is 4.98 Å². The zero-order valence-corrected chi connectivity index (χ0v) is 11.6. The van der Waals surface area contributed by atoms with E-state index in [0.717, 1.165) is 23.2 Å². The van der Waals surface area contributed by atoms with E-state index < -0.39 is 0 Å². The molecule has 21 heavy (non-hydrogen) atoms. The summed E-state index contributed by atoms with van der Waals surface area (Å²) >= 11 is 0. The van der Waals surface area contributed by atoms with E-state index in [9.17, 15) is 10.2 Å². The fraction of sp³-hybridized carbons (Fsp3) is 0.188. The number of aromatic hydroxyl groups is 2. The van der Waals surface area contributed by atoms with E-state index in [1.54, 1.807) is 12.1 Å². The van der Waals surface area contributed by atoms with Gasteiger partial charge in [-0.1, -0.05) is 19.1 Å². The number of para-hydroxylation sites is 1. The first kappa shape index (κ1) is 13.3. The summed E-state index contributed by atoms with van der Waals surface area (Å²) in [7, 11) is 0. The second-order valence-corrected chi connectivity index (χ2v) is 4.78. The first-order chi connectivity index (χ1) is 10.2. The minimum Gasteiger partial charge on any atom is -0.504 e. The van der Waals surface area contributed by atoms with Gasteiger partial charge in [0.05, 0.1) is 0 Å². The molecule has 5 heteroatoms. The molecular weight excluding hydrogens is 268 g/mol. The normalized spacial score (nSPS) is 10.9. The number of nitrogens with zero attached hydrogens (tertiary/aromatic N) is 1. The second kappa shape index (κ2) is 5.36. The Morgan fingerprint density at radius 2 is 2.05 bits per heavy atom. The Bertz CT molecular complexity index is 780. The Kier molecular flexibility index (Phi) is 3.39. The number of aryl methyl sites for hydroxylation is 1. The summed E-state index contributed by atoms with van der Waals surface area (Å²) < 4.78 is 5.56. The molecule has 3 aromatic rings. The van der Waals surface area contributed by atoms with E-state index >= 15 is 0 Å². The van der Waals surface area contributed by atoms with Crippen molar-refractivity contribution in [3.05, 3.63) is 47.9 Å². The summed E-state index contributed by atoms with van der Waals surface area (Å²) in [6, 6.07) is 10.6. The van der Waals surface area contributed by atoms with Gasteiger partial charge in [0.15, 0.2) is 23.0 Å². The molecule has 1 aromatic heterocycles. The van der Waals surface area contributed by atoms with Crippen LogP contribution in [0, 0.1) is 0 Å². The lowest BCUT2D eigenvalue weighted by atomic mass is 10.2. The Morgan fingerprint density at radius 3 is 2.86 bits per heavy atom. The zero-order chi connectivity index (χ0) is 14.8. The predicted octanol–water partition coefficient (Wildman–Crippen LogP) is 3.41. The molecule has 1 heterocycles. The van der Waals surface area contributed by atoms with Gasteiger partial charge in [-0.3, -0.25) is 0 Å². The Hall–Kier alpha value is -2.69. The van der Waals surface area contributed by atoms with Gasteiger partial charge in [0.2, 0.25) is 0 Å². The highest BCUT2D eigenvalue weighted by Crippen LogP contribution is 2.29. The lowest BCUT2D eigenvalue weighted by Gasteiger charge is -2.08. The number of hydrogen-bond donors (Lipinski definition) is 3. The van der Waals surface area contributed by atoms with Gasteiger partial charge in [-0.05, 0) is 24.3 Å². The van der Waals surface area contributed by atoms with Crippen LogP contribution in [-0.4, -0.2) is 15.2 Å². The average Bonchev–Trinajstić information content (AvgIpc) is 2.91. The maximum atomic E-state index is 9.77. The Balaban J connectivity index is 1.80. The van der Waals surface area contributed by atoms with Crippen LogP contribution < -0.4 is 5.32 Å². The van der Waals surface area contributed by atoms with Crippen LogP contribution in [0.3, 0.4) is 0 Å². The third-order valence-electron chi connectivity index (χ3n) is 3.32. The Morgan fingerprint density at radius 1 is 1.19 bits per heavy atom. The molecular formula is C16H16N2O3. The summed E-state index contributed by atoms with van der Waals surface area (Å²) in [6.45, 7) is 2.40. The van der Waals surface area contributed by atoms with Crippen LogP contribution in [0.2, 0.25) is 0 Å². The number of anilines is 1. The first-order valence-electron chi connectivity index (χ1n) is 6.80. The summed E-state index contributed by atoms with van der Waals surface area (Å²) in [6.07, 6.45) is 0.759. The SMILES string of the molecule is CCc1nc2cc(NCc3cccc(O)c3O)ccc2o1. The van der Waals surface area contributed by atoms with E-state index in [0.29, 0.717) is 18.0 Å². The summed E-state index contributed by atoms with van der Waals surface area (Å²) in [4.78, 5) is 4.38. The number of oxazole rings is 1. The molecule has 0 aliphatic heterocycles. The smallest absolute Gasteiger partial charge is 0.195 e. The number of phenols is 2. The highest BCUT2D eigenvalue weighted by atomic mass is 16.3. The van der Waals surface area contributed by atoms with Crippen molar-refractivity contribution < 1.29 is 14.6 Å². The van der Waals surface area contributed by atoms with E-state index in [-0.39, 0.29) is 11.5 Å². The molecule has 3 N–H and O–H groups in total. The second-order valence-electron chi connectivity index (χ2n) is 4.78. The minimum atomic E-state index is -0.117. The van der Waals surface area contributed by atoms with E-state index in [4.69, 9.17) is 4.42 Å². The predicted molar refractivity (Wildman–Crippen MR) is 80.5 cm³/mol. The number of phenolic OH excluding ortho intramolecular Hbond substituents is 2. The standard InChI is InChI=1S/C16H16N2O3/c1-2-15-18-12-8-11(6-7-14(12)21-15)17-9-10-4-3-5-13(19)16(10)20/h3-8,17,19-20H,2,9H2,1H3. The number of rotatable bonds is 4. The van der Waals surface area contributed by atoms with Gasteiger partial charge < -0.3 is 19.9 Å². The maximum absolute atomic E-state index is 9.77. The molecule has 0 unspecified atom stereocenters. The molecule has 0 bridgehead atoms. The largest absolute Gasteiger partial charge is 0.504 e. The molecule has 0 aliphatic rings. The van der Waals surface area contributed by atoms with Crippen molar-refractivity contribution in [3.63, 3.8) is 0 Å². The topological polar surface area (TPSA) is 78.5 Å². The van der Waals surface area contributed by atoms with Crippen molar-refractivity contribution in [1.29, 1.82) is 0 Å². The Labute approximate surface area is 121 Å². The molecule has 0 fully saturated rings. The third kappa shape index (κ3) is 2.63. The molecule has 0 aliphatic carbocycles. The molecule has 2 aromatic carbocycles. The number of fused-ring (bicyclic) bond motifs is 1. The van der Waals surface area contributed by atoms with Crippen LogP contribution in [0.25, 0.3) is 11.1 Å². The maximum Gasteiger partial charge on any atom is 0.195 e. The molecule has 0 saturated carbocycles. The molecule has 3 rings (SSSR count). The van der Waals surface area contributed by atoms with E-state index in [2.05, 4.69) is 10.3 Å². The number of aromatic nitrogens is 1. The van der Waals surface area contributed by atoms with E-state index in [1.807, 2.05) is 25.1 Å². The molecule has 0 saturated heterocycles. The fourth-order valence-corrected chi connectivity index (χ4v) is 2.15. The van der Waals surface area contributed by atoms with Crippen LogP contribution in [0.1, 0.15) is 18.4 Å². The van der Waals surface area contributed by atoms with Crippen LogP contribution >= 0.6 is 0 Å². The first-order valence-corrected chi connectivity index (χ1v) is 6.80. The highest BCUT2D eigenvalue weighted by Gasteiger charge is 2.07. The van der Waals surface area contributed by atoms with Gasteiger partial charge in [0.25, 0.3) is 0 Å². The van der Waals surface area contributed by atoms with Crippen molar-refractivity contribution in [2.24, 2.45) is 0 Å². The summed E-state index contributed by atoms with van der Waals surface area (Å²) in [5, 5.41) is 22.4. The van der Waals surface area contributed by atoms with Crippen molar-refractivity contribution in [2.45, 2.75) is 19.9 Å². The van der Waals surface area contributed by atoms with Crippen molar-refractivity contribution >= 4 is 16.8 Å². The highest BCUT2D eigenvalue weighted by molar-refractivity contribution is 5.77. The van der Waals surface area contributed by atoms with Gasteiger partial charge in [-0.2, -0.15) is 0 Å². The number of benzene rings is 2. The fourth-order valence-electron chi connectivity index (χ4n) is 2.15. The third-order valence-corrected chi connectivity index (χ3v) is 3.32. The van der Waals surface area contributed by atoms with Crippen molar-refractivity contribution in [2.75, 3.05) is 5.32 Å². The lowest BCUT2D eigenvalue weighted by molar-refractivity contribution is 0.400. The molecule has 0 spiro atoms. The number of hydrogen-bond acceptors (Lipinski definition) is 5. The van der Waals surface area contributed by atoms with E-state index in [1.165, 1.54) is 6.07 Å². The van der Waals surface area contributed by atoms with Gasteiger partial charge >= 0.3 is 0 Å². The molecule has 0 radical (unpaired) electrons. The van der Waals surface area contributed by atoms with Crippen molar-refractivity contribution in [3.8, 4) is 11.5 Å². The van der Waals surface area contributed by atoms with Crippen LogP contribution in [0.5, 0.6) is 11.5 Å². The lowest BCUT2D eigenvalue weighted by Crippen LogP contribution is -1.99. The summed E-state index contributed by atoms with van der Waals surface area (Å²) in [5.74, 6) is 0.502. The monoisotopic (exact) mass is 284 g/mol. The van der Waals surface area contributed by atoms with Crippen LogP contribution in [0.4, 0.5) is 5.69 Å². The molecule has 0 amide bonds. The molecule has 108 valence electrons. The summed E-state index contributed by atoms with van der Waals surface area (Å²) in [5.41, 5.74) is 3.07. The molecule has 5 nitrogen and oxygen atoms in total. The van der Waals surface area contributed by atoms with Gasteiger partial charge in [-0.15, -0.1) is 0 Å². The quantitative estimate of drug-likeness (QED) is 0.640. The van der Waals surface area contributed by atoms with Crippen LogP contribution in [-0.2, 0) is 13.0 Å². The van der Waals surface area contributed by atoms with Crippen LogP contribution in [0.15, 0.2) is 40.8 Å². The average molecular weight is 284 g/mol. The van der Waals surface area contributed by atoms with Gasteiger partial charge in [0, 0.05) is 24.2 Å². The number of nitrogens with one attached hydrogen (secondary N) is 1. The minimum absolute atomic E-state index is 0.0965. The zero-order valence-electron chi connectivity index (χ0n) is 11.6. The van der Waals surface area contributed by atoms with Gasteiger partial charge in [0.1, 0.15) is 5.52 Å².